The molecule has 1 unspecified atom stereocenters. The van der Waals surface area contributed by atoms with Gasteiger partial charge >= 0.3 is 0 Å². The van der Waals surface area contributed by atoms with Gasteiger partial charge in [-0.15, -0.1) is 0 Å². The molecule has 0 fully saturated rings. The van der Waals surface area contributed by atoms with Gasteiger partial charge in [0.1, 0.15) is 24.1 Å². The van der Waals surface area contributed by atoms with Crippen molar-refractivity contribution in [2.45, 2.75) is 25.9 Å². The van der Waals surface area contributed by atoms with E-state index < -0.39 is 28.5 Å². The Hall–Kier alpha value is -3.56. The van der Waals surface area contributed by atoms with Crippen molar-refractivity contribution in [1.82, 2.24) is 10.2 Å². The van der Waals surface area contributed by atoms with Gasteiger partial charge in [0, 0.05) is 18.6 Å². The van der Waals surface area contributed by atoms with Crippen LogP contribution in [0.25, 0.3) is 0 Å². The van der Waals surface area contributed by atoms with Gasteiger partial charge in [0.15, 0.2) is 0 Å². The van der Waals surface area contributed by atoms with Crippen LogP contribution in [0.5, 0.6) is 11.5 Å². The largest absolute Gasteiger partial charge is 0.457 e. The highest BCUT2D eigenvalue weighted by atomic mass is 35.5. The number of nitrogens with zero attached hydrogens (tertiary/aromatic N) is 2. The molecule has 3 aromatic rings. The molecule has 0 radical (unpaired) electrons. The van der Waals surface area contributed by atoms with E-state index in [0.717, 1.165) is 10.6 Å². The summed E-state index contributed by atoms with van der Waals surface area (Å²) in [5.74, 6) is 0.266. The van der Waals surface area contributed by atoms with Crippen LogP contribution in [-0.2, 0) is 26.2 Å². The summed E-state index contributed by atoms with van der Waals surface area (Å²) in [5, 5.41) is 3.03. The van der Waals surface area contributed by atoms with Gasteiger partial charge in [-0.2, -0.15) is 0 Å². The standard InChI is InChI=1S/C27H30ClN3O5S/c1-4-25(27(33)29-2)30(18-20-10-8-9-13-24(20)28)26(32)19-31(37(3,34)35)21-14-16-23(17-15-21)36-22-11-6-5-7-12-22/h5-17,25H,4,18-19H2,1-3H3,(H,29,33). The van der Waals surface area contributed by atoms with E-state index >= 15 is 0 Å². The Labute approximate surface area is 222 Å². The lowest BCUT2D eigenvalue weighted by Crippen LogP contribution is -2.51. The zero-order chi connectivity index (χ0) is 27.0. The van der Waals surface area contributed by atoms with Gasteiger partial charge in [0.25, 0.3) is 0 Å². The number of ether oxygens (including phenoxy) is 1. The number of anilines is 1. The zero-order valence-electron chi connectivity index (χ0n) is 20.9. The van der Waals surface area contributed by atoms with E-state index in [-0.39, 0.29) is 12.5 Å². The summed E-state index contributed by atoms with van der Waals surface area (Å²) in [7, 11) is -2.35. The van der Waals surface area contributed by atoms with Crippen LogP contribution in [0.2, 0.25) is 5.02 Å². The second-order valence-corrected chi connectivity index (χ2v) is 10.6. The first kappa shape index (κ1) is 28.0. The number of hydrogen-bond donors (Lipinski definition) is 1. The summed E-state index contributed by atoms with van der Waals surface area (Å²) in [4.78, 5) is 27.6. The maximum Gasteiger partial charge on any atom is 0.244 e. The molecule has 0 spiro atoms. The Morgan fingerprint density at radius 1 is 0.946 bits per heavy atom. The minimum absolute atomic E-state index is 0.0475. The molecule has 10 heteroatoms. The molecule has 0 aliphatic rings. The van der Waals surface area contributed by atoms with Crippen LogP contribution in [0.3, 0.4) is 0 Å². The van der Waals surface area contributed by atoms with Gasteiger partial charge < -0.3 is 15.0 Å². The molecule has 1 atom stereocenters. The first-order valence-electron chi connectivity index (χ1n) is 11.7. The number of carbonyl (C=O) groups is 2. The van der Waals surface area contributed by atoms with Crippen LogP contribution in [0.15, 0.2) is 78.9 Å². The van der Waals surface area contributed by atoms with Gasteiger partial charge in [0.2, 0.25) is 21.8 Å². The van der Waals surface area contributed by atoms with Crippen LogP contribution >= 0.6 is 11.6 Å². The number of likely N-dealkylation sites (N-methyl/N-ethyl adjacent to an activating group) is 1. The molecule has 37 heavy (non-hydrogen) atoms. The van der Waals surface area contributed by atoms with E-state index in [4.69, 9.17) is 16.3 Å². The van der Waals surface area contributed by atoms with Crippen molar-refractivity contribution in [3.05, 3.63) is 89.4 Å². The van der Waals surface area contributed by atoms with E-state index in [1.54, 1.807) is 67.6 Å². The summed E-state index contributed by atoms with van der Waals surface area (Å²) >= 11 is 6.32. The van der Waals surface area contributed by atoms with Crippen LogP contribution in [-0.4, -0.2) is 51.0 Å². The van der Waals surface area contributed by atoms with E-state index in [1.807, 2.05) is 18.2 Å². The minimum Gasteiger partial charge on any atom is -0.457 e. The van der Waals surface area contributed by atoms with Gasteiger partial charge in [-0.1, -0.05) is 54.9 Å². The molecule has 3 rings (SSSR count). The maximum absolute atomic E-state index is 13.6. The third-order valence-electron chi connectivity index (χ3n) is 5.71. The van der Waals surface area contributed by atoms with Gasteiger partial charge in [-0.05, 0) is 54.4 Å². The number of halogens is 1. The SMILES string of the molecule is CCC(C(=O)NC)N(Cc1ccccc1Cl)C(=O)CN(c1ccc(Oc2ccccc2)cc1)S(C)(=O)=O. The summed E-state index contributed by atoms with van der Waals surface area (Å²) in [6, 6.07) is 21.8. The van der Waals surface area contributed by atoms with Crippen LogP contribution in [0.1, 0.15) is 18.9 Å². The number of amides is 2. The van der Waals surface area contributed by atoms with Crippen molar-refractivity contribution < 1.29 is 22.7 Å². The molecule has 3 aromatic carbocycles. The number of carbonyl (C=O) groups excluding carboxylic acids is 2. The zero-order valence-corrected chi connectivity index (χ0v) is 22.5. The molecular weight excluding hydrogens is 514 g/mol. The Morgan fingerprint density at radius 3 is 2.11 bits per heavy atom. The fraction of sp³-hybridized carbons (Fsp3) is 0.259. The minimum atomic E-state index is -3.84. The summed E-state index contributed by atoms with van der Waals surface area (Å²) in [6.45, 7) is 1.34. The van der Waals surface area contributed by atoms with Crippen LogP contribution < -0.4 is 14.4 Å². The maximum atomic E-state index is 13.6. The number of sulfonamides is 1. The second kappa shape index (κ2) is 12.6. The monoisotopic (exact) mass is 543 g/mol. The lowest BCUT2D eigenvalue weighted by Gasteiger charge is -2.32. The average Bonchev–Trinajstić information content (AvgIpc) is 2.88. The summed E-state index contributed by atoms with van der Waals surface area (Å²) < 4.78 is 32.3. The number of hydrogen-bond acceptors (Lipinski definition) is 5. The van der Waals surface area contributed by atoms with Crippen molar-refractivity contribution in [3.63, 3.8) is 0 Å². The molecule has 0 saturated carbocycles. The second-order valence-electron chi connectivity index (χ2n) is 8.33. The number of rotatable bonds is 11. The van der Waals surface area contributed by atoms with Crippen LogP contribution in [0.4, 0.5) is 5.69 Å². The number of benzene rings is 3. The first-order valence-corrected chi connectivity index (χ1v) is 13.9. The Kier molecular flexibility index (Phi) is 9.54. The molecule has 0 saturated heterocycles. The molecule has 2 amide bonds. The summed E-state index contributed by atoms with van der Waals surface area (Å²) in [6.07, 6.45) is 1.36. The van der Waals surface area contributed by atoms with Crippen LogP contribution in [0, 0.1) is 0 Å². The quantitative estimate of drug-likeness (QED) is 0.385. The number of nitrogens with one attached hydrogen (secondary N) is 1. The van der Waals surface area contributed by atoms with Crippen molar-refractivity contribution in [3.8, 4) is 11.5 Å². The molecule has 0 aliphatic carbocycles. The molecule has 1 N–H and O–H groups in total. The van der Waals surface area contributed by atoms with Gasteiger partial charge in [-0.3, -0.25) is 13.9 Å². The Morgan fingerprint density at radius 2 is 1.54 bits per heavy atom. The highest BCUT2D eigenvalue weighted by Gasteiger charge is 2.31. The van der Waals surface area contributed by atoms with Crippen molar-refractivity contribution in [2.24, 2.45) is 0 Å². The third-order valence-corrected chi connectivity index (χ3v) is 7.22. The van der Waals surface area contributed by atoms with E-state index in [9.17, 15) is 18.0 Å². The normalized spacial score (nSPS) is 11.9. The smallest absolute Gasteiger partial charge is 0.244 e. The number of para-hydroxylation sites is 1. The lowest BCUT2D eigenvalue weighted by molar-refractivity contribution is -0.140. The lowest BCUT2D eigenvalue weighted by atomic mass is 10.1. The molecule has 8 nitrogen and oxygen atoms in total. The highest BCUT2D eigenvalue weighted by Crippen LogP contribution is 2.26. The highest BCUT2D eigenvalue weighted by molar-refractivity contribution is 7.92. The predicted molar refractivity (Wildman–Crippen MR) is 145 cm³/mol. The van der Waals surface area contributed by atoms with E-state index in [2.05, 4.69) is 5.32 Å². The Bertz CT molecular complexity index is 1320. The van der Waals surface area contributed by atoms with Gasteiger partial charge in [-0.25, -0.2) is 8.42 Å². The molecule has 196 valence electrons. The predicted octanol–water partition coefficient (Wildman–Crippen LogP) is 4.45. The molecule has 0 aromatic heterocycles. The summed E-state index contributed by atoms with van der Waals surface area (Å²) in [5.41, 5.74) is 0.940. The van der Waals surface area contributed by atoms with Crippen molar-refractivity contribution >= 4 is 39.1 Å². The van der Waals surface area contributed by atoms with Crippen molar-refractivity contribution in [2.75, 3.05) is 24.2 Å². The first-order chi connectivity index (χ1) is 17.6. The molecule has 0 bridgehead atoms. The van der Waals surface area contributed by atoms with E-state index in [0.29, 0.717) is 34.2 Å². The fourth-order valence-electron chi connectivity index (χ4n) is 3.82. The molecule has 0 heterocycles. The molecular formula is C27H30ClN3O5S. The van der Waals surface area contributed by atoms with Gasteiger partial charge in [0.05, 0.1) is 11.9 Å². The average molecular weight is 544 g/mol. The Balaban J connectivity index is 1.89. The van der Waals surface area contributed by atoms with E-state index in [1.165, 1.54) is 11.9 Å². The van der Waals surface area contributed by atoms with Crippen molar-refractivity contribution in [1.29, 1.82) is 0 Å². The third kappa shape index (κ3) is 7.47. The topological polar surface area (TPSA) is 96.0 Å². The molecule has 0 aliphatic heterocycles. The fourth-order valence-corrected chi connectivity index (χ4v) is 4.86.